The van der Waals surface area contributed by atoms with Gasteiger partial charge in [-0.1, -0.05) is 26.0 Å². The average molecular weight is 441 g/mol. The molecule has 0 N–H and O–H groups in total. The molecule has 2 amide bonds. The lowest BCUT2D eigenvalue weighted by atomic mass is 10.0. The van der Waals surface area contributed by atoms with Crippen molar-refractivity contribution in [3.63, 3.8) is 0 Å². The number of hydrogen-bond acceptors (Lipinski definition) is 5. The summed E-state index contributed by atoms with van der Waals surface area (Å²) in [5, 5.41) is 4.49. The van der Waals surface area contributed by atoms with Crippen molar-refractivity contribution >= 4 is 17.5 Å². The fourth-order valence-electron chi connectivity index (χ4n) is 4.36. The molecule has 8 heteroatoms. The number of rotatable bonds is 6. The van der Waals surface area contributed by atoms with Gasteiger partial charge in [0.1, 0.15) is 0 Å². The predicted molar refractivity (Wildman–Crippen MR) is 123 cm³/mol. The molecule has 0 saturated heterocycles. The van der Waals surface area contributed by atoms with Crippen molar-refractivity contribution in [3.05, 3.63) is 88.6 Å². The molecule has 3 aromatic heterocycles. The first-order chi connectivity index (χ1) is 15.9. The third kappa shape index (κ3) is 3.73. The van der Waals surface area contributed by atoms with Crippen molar-refractivity contribution in [1.29, 1.82) is 0 Å². The highest BCUT2D eigenvalue weighted by Gasteiger charge is 2.40. The van der Waals surface area contributed by atoms with E-state index in [9.17, 15) is 14.4 Å². The third-order valence-corrected chi connectivity index (χ3v) is 5.89. The van der Waals surface area contributed by atoms with Gasteiger partial charge in [-0.3, -0.25) is 19.3 Å². The molecule has 0 radical (unpaired) electrons. The molecule has 4 aromatic rings. The fraction of sp³-hybridized carbons (Fsp3) is 0.240. The third-order valence-electron chi connectivity index (χ3n) is 5.89. The summed E-state index contributed by atoms with van der Waals surface area (Å²) in [6, 6.07) is 13.4. The lowest BCUT2D eigenvalue weighted by Gasteiger charge is -2.28. The molecule has 33 heavy (non-hydrogen) atoms. The fourth-order valence-corrected chi connectivity index (χ4v) is 4.36. The second-order valence-electron chi connectivity index (χ2n) is 8.66. The van der Waals surface area contributed by atoms with Gasteiger partial charge in [0.25, 0.3) is 17.4 Å². The highest BCUT2D eigenvalue weighted by atomic mass is 16.2. The first-order valence-electron chi connectivity index (χ1n) is 10.9. The maximum absolute atomic E-state index is 13.0. The molecule has 0 aliphatic carbocycles. The van der Waals surface area contributed by atoms with Crippen molar-refractivity contribution in [3.8, 4) is 11.3 Å². The van der Waals surface area contributed by atoms with Gasteiger partial charge in [-0.2, -0.15) is 5.10 Å². The molecule has 1 aliphatic rings. The maximum atomic E-state index is 13.0. The molecule has 0 unspecified atom stereocenters. The highest BCUT2D eigenvalue weighted by molar-refractivity contribution is 6.21. The Kier molecular flexibility index (Phi) is 5.12. The molecule has 1 aromatic carbocycles. The Balaban J connectivity index is 1.45. The minimum absolute atomic E-state index is 0.217. The van der Waals surface area contributed by atoms with Gasteiger partial charge >= 0.3 is 0 Å². The number of benzene rings is 1. The lowest BCUT2D eigenvalue weighted by Crippen LogP contribution is -2.44. The first kappa shape index (κ1) is 20.8. The van der Waals surface area contributed by atoms with Crippen LogP contribution in [0.15, 0.2) is 71.9 Å². The number of imidazole rings is 1. The Bertz CT molecular complexity index is 1400. The topological polar surface area (TPSA) is 89.6 Å². The van der Waals surface area contributed by atoms with Gasteiger partial charge in [0.2, 0.25) is 0 Å². The number of hydrogen-bond donors (Lipinski definition) is 0. The molecule has 1 atom stereocenters. The molecule has 8 nitrogen and oxygen atoms in total. The van der Waals surface area contributed by atoms with E-state index in [0.29, 0.717) is 28.8 Å². The van der Waals surface area contributed by atoms with E-state index in [1.165, 1.54) is 11.0 Å². The van der Waals surface area contributed by atoms with Crippen LogP contribution in [0.2, 0.25) is 0 Å². The average Bonchev–Trinajstić information content (AvgIpc) is 3.37. The zero-order valence-electron chi connectivity index (χ0n) is 18.4. The van der Waals surface area contributed by atoms with Gasteiger partial charge in [-0.05, 0) is 42.7 Å². The Morgan fingerprint density at radius 2 is 1.64 bits per heavy atom. The quantitative estimate of drug-likeness (QED) is 0.429. The zero-order chi connectivity index (χ0) is 23.1. The second kappa shape index (κ2) is 8.12. The SMILES string of the molecule is CC(C)C[C@@H](Cn1ccc(-c2ccc3nccn3n2)cc1=O)N1C(=O)c2ccccc2C1=O. The van der Waals surface area contributed by atoms with Crippen LogP contribution in [0.1, 0.15) is 41.0 Å². The number of imide groups is 1. The summed E-state index contributed by atoms with van der Waals surface area (Å²) in [7, 11) is 0. The summed E-state index contributed by atoms with van der Waals surface area (Å²) in [5.74, 6) is -0.368. The Hall–Kier alpha value is -4.07. The molecular formula is C25H23N5O3. The van der Waals surface area contributed by atoms with Crippen LogP contribution in [0, 0.1) is 5.92 Å². The van der Waals surface area contributed by atoms with Gasteiger partial charge in [-0.25, -0.2) is 9.50 Å². The van der Waals surface area contributed by atoms with Crippen LogP contribution in [-0.2, 0) is 6.54 Å². The standard InChI is InChI=1S/C25H23N5O3/c1-16(2)13-18(30-24(32)19-5-3-4-6-20(19)25(30)33)15-28-11-9-17(14-23(28)31)21-7-8-22-26-10-12-29(22)27-21/h3-12,14,16,18H,13,15H2,1-2H3/t18-/m0/s1. The van der Waals surface area contributed by atoms with E-state index < -0.39 is 6.04 Å². The zero-order valence-corrected chi connectivity index (χ0v) is 18.4. The highest BCUT2D eigenvalue weighted by Crippen LogP contribution is 2.27. The lowest BCUT2D eigenvalue weighted by molar-refractivity contribution is 0.0547. The molecule has 0 spiro atoms. The molecular weight excluding hydrogens is 418 g/mol. The minimum Gasteiger partial charge on any atom is -0.313 e. The summed E-state index contributed by atoms with van der Waals surface area (Å²) in [4.78, 5) is 44.5. The van der Waals surface area contributed by atoms with Crippen molar-refractivity contribution in [2.45, 2.75) is 32.9 Å². The van der Waals surface area contributed by atoms with E-state index in [4.69, 9.17) is 0 Å². The molecule has 4 heterocycles. The summed E-state index contributed by atoms with van der Waals surface area (Å²) in [6.45, 7) is 4.31. The maximum Gasteiger partial charge on any atom is 0.261 e. The van der Waals surface area contributed by atoms with Gasteiger partial charge in [0.15, 0.2) is 5.65 Å². The van der Waals surface area contributed by atoms with Gasteiger partial charge in [0.05, 0.1) is 22.9 Å². The normalized spacial score (nSPS) is 14.3. The monoisotopic (exact) mass is 441 g/mol. The molecule has 1 aliphatic heterocycles. The largest absolute Gasteiger partial charge is 0.313 e. The minimum atomic E-state index is -0.429. The number of nitrogens with zero attached hydrogens (tertiary/aromatic N) is 5. The van der Waals surface area contributed by atoms with E-state index >= 15 is 0 Å². The van der Waals surface area contributed by atoms with Crippen LogP contribution < -0.4 is 5.56 Å². The number of carbonyl (C=O) groups is 2. The number of amides is 2. The molecule has 0 bridgehead atoms. The van der Waals surface area contributed by atoms with E-state index in [2.05, 4.69) is 10.1 Å². The Morgan fingerprint density at radius 1 is 0.909 bits per heavy atom. The first-order valence-corrected chi connectivity index (χ1v) is 10.9. The number of fused-ring (bicyclic) bond motifs is 2. The van der Waals surface area contributed by atoms with Crippen molar-refractivity contribution in [2.75, 3.05) is 0 Å². The van der Waals surface area contributed by atoms with Crippen LogP contribution in [0.25, 0.3) is 16.9 Å². The van der Waals surface area contributed by atoms with E-state index in [0.717, 1.165) is 5.65 Å². The molecule has 5 rings (SSSR count). The van der Waals surface area contributed by atoms with Crippen LogP contribution in [0.3, 0.4) is 0 Å². The summed E-state index contributed by atoms with van der Waals surface area (Å²) in [5.41, 5.74) is 2.69. The summed E-state index contributed by atoms with van der Waals surface area (Å²) in [6.07, 6.45) is 5.71. The molecule has 0 fully saturated rings. The van der Waals surface area contributed by atoms with Crippen LogP contribution in [0.4, 0.5) is 0 Å². The van der Waals surface area contributed by atoms with Crippen LogP contribution >= 0.6 is 0 Å². The molecule has 166 valence electrons. The van der Waals surface area contributed by atoms with Crippen LogP contribution in [0.5, 0.6) is 0 Å². The summed E-state index contributed by atoms with van der Waals surface area (Å²) < 4.78 is 3.21. The number of carbonyl (C=O) groups excluding carboxylic acids is 2. The number of aromatic nitrogens is 4. The Labute approximate surface area is 190 Å². The van der Waals surface area contributed by atoms with Crippen molar-refractivity contribution in [1.82, 2.24) is 24.1 Å². The molecule has 0 saturated carbocycles. The second-order valence-corrected chi connectivity index (χ2v) is 8.66. The Morgan fingerprint density at radius 3 is 2.30 bits per heavy atom. The van der Waals surface area contributed by atoms with Crippen LogP contribution in [-0.4, -0.2) is 41.9 Å². The number of pyridine rings is 1. The van der Waals surface area contributed by atoms with Crippen molar-refractivity contribution < 1.29 is 9.59 Å². The van der Waals surface area contributed by atoms with E-state index in [1.807, 2.05) is 32.0 Å². The van der Waals surface area contributed by atoms with Gasteiger partial charge in [-0.15, -0.1) is 0 Å². The predicted octanol–water partition coefficient (Wildman–Crippen LogP) is 3.27. The van der Waals surface area contributed by atoms with Gasteiger partial charge in [0, 0.05) is 36.8 Å². The van der Waals surface area contributed by atoms with Gasteiger partial charge < -0.3 is 4.57 Å². The van der Waals surface area contributed by atoms with Crippen molar-refractivity contribution in [2.24, 2.45) is 5.92 Å². The van der Waals surface area contributed by atoms with E-state index in [-0.39, 0.29) is 29.8 Å². The van der Waals surface area contributed by atoms with E-state index in [1.54, 1.807) is 51.9 Å². The smallest absolute Gasteiger partial charge is 0.261 e. The summed E-state index contributed by atoms with van der Waals surface area (Å²) >= 11 is 0.